The van der Waals surface area contributed by atoms with Crippen LogP contribution in [-0.4, -0.2) is 0 Å². The Kier molecular flexibility index (Phi) is 4.72. The number of rotatable bonds is 5. The van der Waals surface area contributed by atoms with Gasteiger partial charge in [0.1, 0.15) is 5.82 Å². The van der Waals surface area contributed by atoms with Crippen LogP contribution in [0.15, 0.2) is 48.5 Å². The molecule has 3 rings (SSSR count). The Balaban J connectivity index is 1.71. The summed E-state index contributed by atoms with van der Waals surface area (Å²) in [6.45, 7) is 2.24. The number of benzene rings is 2. The summed E-state index contributed by atoms with van der Waals surface area (Å²) in [5.74, 6) is -0.133. The summed E-state index contributed by atoms with van der Waals surface area (Å²) in [6.07, 6.45) is 9.03. The van der Waals surface area contributed by atoms with Crippen LogP contribution in [0.25, 0.3) is 5.57 Å². The first-order valence-electron chi connectivity index (χ1n) is 8.32. The first-order chi connectivity index (χ1) is 10.8. The molecule has 0 N–H and O–H groups in total. The van der Waals surface area contributed by atoms with Crippen LogP contribution in [0.3, 0.4) is 0 Å². The molecule has 0 atom stereocenters. The first kappa shape index (κ1) is 15.0. The van der Waals surface area contributed by atoms with Crippen molar-refractivity contribution in [2.45, 2.75) is 45.4 Å². The highest BCUT2D eigenvalue weighted by Gasteiger charge is 2.13. The molecule has 1 heteroatoms. The van der Waals surface area contributed by atoms with Crippen molar-refractivity contribution < 1.29 is 4.39 Å². The number of unbranched alkanes of at least 4 members (excludes halogenated alkanes) is 2. The molecule has 0 nitrogen and oxygen atoms in total. The van der Waals surface area contributed by atoms with E-state index < -0.39 is 0 Å². The maximum Gasteiger partial charge on any atom is 0.123 e. The summed E-state index contributed by atoms with van der Waals surface area (Å²) in [5.41, 5.74) is 6.39. The molecule has 0 saturated heterocycles. The van der Waals surface area contributed by atoms with Crippen molar-refractivity contribution in [2.75, 3.05) is 0 Å². The second-order valence-electron chi connectivity index (χ2n) is 6.18. The van der Waals surface area contributed by atoms with E-state index in [4.69, 9.17) is 0 Å². The summed E-state index contributed by atoms with van der Waals surface area (Å²) in [6, 6.07) is 14.1. The van der Waals surface area contributed by atoms with E-state index in [1.807, 2.05) is 6.07 Å². The number of fused-ring (bicyclic) bond motifs is 1. The molecule has 2 aromatic carbocycles. The SMILES string of the molecule is CCCCCc1ccc(C2=CCc3ccc(F)cc3C2)cc1. The quantitative estimate of drug-likeness (QED) is 0.617. The zero-order valence-corrected chi connectivity index (χ0v) is 13.2. The molecule has 0 heterocycles. The summed E-state index contributed by atoms with van der Waals surface area (Å²) >= 11 is 0. The molecular formula is C21H23F. The third-order valence-electron chi connectivity index (χ3n) is 4.51. The molecule has 2 aromatic rings. The Bertz CT molecular complexity index is 665. The third-order valence-corrected chi connectivity index (χ3v) is 4.51. The van der Waals surface area contributed by atoms with Crippen molar-refractivity contribution >= 4 is 5.57 Å². The highest BCUT2D eigenvalue weighted by molar-refractivity contribution is 5.70. The Morgan fingerprint density at radius 2 is 1.77 bits per heavy atom. The van der Waals surface area contributed by atoms with Crippen LogP contribution in [0.1, 0.15) is 48.4 Å². The van der Waals surface area contributed by atoms with Crippen LogP contribution in [0.4, 0.5) is 4.39 Å². The highest BCUT2D eigenvalue weighted by atomic mass is 19.1. The first-order valence-corrected chi connectivity index (χ1v) is 8.32. The van der Waals surface area contributed by atoms with E-state index in [9.17, 15) is 4.39 Å². The van der Waals surface area contributed by atoms with Gasteiger partial charge in [-0.2, -0.15) is 0 Å². The predicted octanol–water partition coefficient (Wildman–Crippen LogP) is 5.74. The smallest absolute Gasteiger partial charge is 0.123 e. The largest absolute Gasteiger partial charge is 0.207 e. The molecule has 0 amide bonds. The molecule has 0 unspecified atom stereocenters. The average Bonchev–Trinajstić information content (AvgIpc) is 2.55. The lowest BCUT2D eigenvalue weighted by Crippen LogP contribution is -2.03. The van der Waals surface area contributed by atoms with Gasteiger partial charge in [-0.3, -0.25) is 0 Å². The van der Waals surface area contributed by atoms with Crippen molar-refractivity contribution in [2.24, 2.45) is 0 Å². The molecule has 0 bridgehead atoms. The lowest BCUT2D eigenvalue weighted by atomic mass is 9.88. The molecule has 114 valence electrons. The third kappa shape index (κ3) is 3.47. The van der Waals surface area contributed by atoms with Gasteiger partial charge in [-0.1, -0.05) is 56.2 Å². The van der Waals surface area contributed by atoms with E-state index in [1.54, 1.807) is 12.1 Å². The summed E-state index contributed by atoms with van der Waals surface area (Å²) in [4.78, 5) is 0. The van der Waals surface area contributed by atoms with Crippen molar-refractivity contribution in [3.8, 4) is 0 Å². The number of aryl methyl sites for hydroxylation is 1. The van der Waals surface area contributed by atoms with E-state index in [2.05, 4.69) is 37.3 Å². The van der Waals surface area contributed by atoms with Gasteiger partial charge < -0.3 is 0 Å². The molecule has 0 aliphatic heterocycles. The highest BCUT2D eigenvalue weighted by Crippen LogP contribution is 2.28. The lowest BCUT2D eigenvalue weighted by molar-refractivity contribution is 0.625. The van der Waals surface area contributed by atoms with Gasteiger partial charge in [-0.25, -0.2) is 4.39 Å². The van der Waals surface area contributed by atoms with Gasteiger partial charge >= 0.3 is 0 Å². The Labute approximate surface area is 132 Å². The molecule has 0 aromatic heterocycles. The maximum absolute atomic E-state index is 13.4. The van der Waals surface area contributed by atoms with Gasteiger partial charge in [0.2, 0.25) is 0 Å². The van der Waals surface area contributed by atoms with Gasteiger partial charge in [0.05, 0.1) is 0 Å². The maximum atomic E-state index is 13.4. The molecule has 1 aliphatic carbocycles. The van der Waals surface area contributed by atoms with Crippen molar-refractivity contribution in [1.82, 2.24) is 0 Å². The summed E-state index contributed by atoms with van der Waals surface area (Å²) in [5, 5.41) is 0. The average molecular weight is 294 g/mol. The van der Waals surface area contributed by atoms with Crippen LogP contribution in [-0.2, 0) is 19.3 Å². The molecule has 0 fully saturated rings. The Morgan fingerprint density at radius 1 is 0.955 bits per heavy atom. The fourth-order valence-corrected chi connectivity index (χ4v) is 3.15. The second-order valence-corrected chi connectivity index (χ2v) is 6.18. The van der Waals surface area contributed by atoms with Gasteiger partial charge in [0, 0.05) is 0 Å². The monoisotopic (exact) mass is 294 g/mol. The van der Waals surface area contributed by atoms with E-state index in [1.165, 1.54) is 47.9 Å². The van der Waals surface area contributed by atoms with Gasteiger partial charge in [-0.15, -0.1) is 0 Å². The van der Waals surface area contributed by atoms with Gasteiger partial charge in [0.15, 0.2) is 0 Å². The van der Waals surface area contributed by atoms with Crippen LogP contribution in [0.5, 0.6) is 0 Å². The number of hydrogen-bond donors (Lipinski definition) is 0. The Morgan fingerprint density at radius 3 is 2.55 bits per heavy atom. The summed E-state index contributed by atoms with van der Waals surface area (Å²) in [7, 11) is 0. The topological polar surface area (TPSA) is 0 Å². The van der Waals surface area contributed by atoms with E-state index >= 15 is 0 Å². The van der Waals surface area contributed by atoms with E-state index in [0.29, 0.717) is 0 Å². The van der Waals surface area contributed by atoms with Crippen LogP contribution >= 0.6 is 0 Å². The van der Waals surface area contributed by atoms with Crippen molar-refractivity contribution in [1.29, 1.82) is 0 Å². The van der Waals surface area contributed by atoms with E-state index in [0.717, 1.165) is 18.4 Å². The van der Waals surface area contributed by atoms with E-state index in [-0.39, 0.29) is 5.82 Å². The fourth-order valence-electron chi connectivity index (χ4n) is 3.15. The lowest BCUT2D eigenvalue weighted by Gasteiger charge is -2.17. The zero-order chi connectivity index (χ0) is 15.4. The molecule has 0 saturated carbocycles. The minimum Gasteiger partial charge on any atom is -0.207 e. The number of hydrogen-bond acceptors (Lipinski definition) is 0. The van der Waals surface area contributed by atoms with Crippen molar-refractivity contribution in [3.63, 3.8) is 0 Å². The molecule has 22 heavy (non-hydrogen) atoms. The minimum absolute atomic E-state index is 0.133. The molecule has 0 spiro atoms. The standard InChI is InChI=1S/C21H23F/c1-2-3-4-5-16-6-8-17(9-7-16)19-11-10-18-12-13-21(22)15-20(18)14-19/h6-9,11-13,15H,2-5,10,14H2,1H3. The van der Waals surface area contributed by atoms with Crippen LogP contribution in [0.2, 0.25) is 0 Å². The number of halogens is 1. The zero-order valence-electron chi connectivity index (χ0n) is 13.2. The Hall–Kier alpha value is -1.89. The van der Waals surface area contributed by atoms with Crippen molar-refractivity contribution in [3.05, 3.63) is 76.6 Å². The molecular weight excluding hydrogens is 271 g/mol. The normalized spacial score (nSPS) is 13.6. The van der Waals surface area contributed by atoms with Gasteiger partial charge in [-0.05, 0) is 65.6 Å². The molecule has 1 aliphatic rings. The minimum atomic E-state index is -0.133. The predicted molar refractivity (Wildman–Crippen MR) is 91.5 cm³/mol. The van der Waals surface area contributed by atoms with Gasteiger partial charge in [0.25, 0.3) is 0 Å². The number of allylic oxidation sites excluding steroid dienone is 2. The van der Waals surface area contributed by atoms with Crippen LogP contribution < -0.4 is 0 Å². The van der Waals surface area contributed by atoms with Crippen LogP contribution in [0, 0.1) is 5.82 Å². The molecule has 0 radical (unpaired) electrons. The summed E-state index contributed by atoms with van der Waals surface area (Å²) < 4.78 is 13.4. The fraction of sp³-hybridized carbons (Fsp3) is 0.333. The second kappa shape index (κ2) is 6.91.